The third-order valence-electron chi connectivity index (χ3n) is 5.29. The molecule has 1 saturated heterocycles. The van der Waals surface area contributed by atoms with Gasteiger partial charge in [0.1, 0.15) is 11.1 Å². The van der Waals surface area contributed by atoms with Gasteiger partial charge in [-0.15, -0.1) is 0 Å². The van der Waals surface area contributed by atoms with Crippen molar-refractivity contribution in [3.05, 3.63) is 72.3 Å². The number of carbonyl (C=O) groups is 1. The number of nitriles is 1. The lowest BCUT2D eigenvalue weighted by atomic mass is 9.99. The van der Waals surface area contributed by atoms with E-state index >= 15 is 0 Å². The number of aromatic nitrogens is 1. The molecule has 1 amide bonds. The largest absolute Gasteiger partial charge is 0.342 e. The molecule has 0 radical (unpaired) electrons. The SMILES string of the molecule is N#Cc1c(-c2ccccc2)cc(-c2ccccc2)nc1SCC(=O)N1CCCCC1. The molecule has 4 nitrogen and oxygen atoms in total. The molecule has 0 unspecified atom stereocenters. The standard InChI is InChI=1S/C25H23N3OS/c26-17-22-21(19-10-4-1-5-11-19)16-23(20-12-6-2-7-13-20)27-25(22)30-18-24(29)28-14-8-3-9-15-28/h1-2,4-7,10-13,16H,3,8-9,14-15,18H2. The molecule has 150 valence electrons. The molecule has 0 N–H and O–H groups in total. The van der Waals surface area contributed by atoms with E-state index in [1.807, 2.05) is 71.6 Å². The lowest BCUT2D eigenvalue weighted by molar-refractivity contribution is -0.129. The van der Waals surface area contributed by atoms with Gasteiger partial charge < -0.3 is 4.90 Å². The van der Waals surface area contributed by atoms with E-state index in [0.717, 1.165) is 48.3 Å². The predicted molar refractivity (Wildman–Crippen MR) is 121 cm³/mol. The Balaban J connectivity index is 1.71. The summed E-state index contributed by atoms with van der Waals surface area (Å²) in [6.07, 6.45) is 3.33. The van der Waals surface area contributed by atoms with E-state index in [-0.39, 0.29) is 5.91 Å². The van der Waals surface area contributed by atoms with Crippen LogP contribution in [0.4, 0.5) is 0 Å². The van der Waals surface area contributed by atoms with Crippen molar-refractivity contribution in [1.29, 1.82) is 5.26 Å². The number of nitrogens with zero attached hydrogens (tertiary/aromatic N) is 3. The summed E-state index contributed by atoms with van der Waals surface area (Å²) in [6, 6.07) is 24.1. The van der Waals surface area contributed by atoms with Crippen LogP contribution in [0, 0.1) is 11.3 Å². The first-order valence-electron chi connectivity index (χ1n) is 10.2. The summed E-state index contributed by atoms with van der Waals surface area (Å²) in [5.74, 6) is 0.422. The van der Waals surface area contributed by atoms with E-state index < -0.39 is 0 Å². The summed E-state index contributed by atoms with van der Waals surface area (Å²) >= 11 is 1.37. The Morgan fingerprint density at radius 1 is 0.967 bits per heavy atom. The second-order valence-electron chi connectivity index (χ2n) is 7.31. The fraction of sp³-hybridized carbons (Fsp3) is 0.240. The molecular weight excluding hydrogens is 390 g/mol. The van der Waals surface area contributed by atoms with Crippen molar-refractivity contribution in [3.8, 4) is 28.5 Å². The van der Waals surface area contributed by atoms with Gasteiger partial charge in [-0.3, -0.25) is 4.79 Å². The average Bonchev–Trinajstić information content (AvgIpc) is 2.83. The first-order chi connectivity index (χ1) is 14.8. The highest BCUT2D eigenvalue weighted by atomic mass is 32.2. The summed E-state index contributed by atoms with van der Waals surface area (Å²) in [7, 11) is 0. The number of rotatable bonds is 5. The van der Waals surface area contributed by atoms with Crippen LogP contribution < -0.4 is 0 Å². The van der Waals surface area contributed by atoms with Gasteiger partial charge in [-0.2, -0.15) is 5.26 Å². The number of benzene rings is 2. The van der Waals surface area contributed by atoms with Crippen molar-refractivity contribution in [2.45, 2.75) is 24.3 Å². The maximum atomic E-state index is 12.7. The second kappa shape index (κ2) is 9.60. The van der Waals surface area contributed by atoms with Gasteiger partial charge in [-0.25, -0.2) is 4.98 Å². The average molecular weight is 414 g/mol. The van der Waals surface area contributed by atoms with Gasteiger partial charge in [-0.05, 0) is 30.9 Å². The molecule has 0 saturated carbocycles. The van der Waals surface area contributed by atoms with Crippen LogP contribution in [-0.2, 0) is 4.79 Å². The van der Waals surface area contributed by atoms with Crippen molar-refractivity contribution in [2.24, 2.45) is 0 Å². The van der Waals surface area contributed by atoms with Crippen LogP contribution in [0.1, 0.15) is 24.8 Å². The molecule has 1 aliphatic rings. The Morgan fingerprint density at radius 2 is 1.60 bits per heavy atom. The third-order valence-corrected chi connectivity index (χ3v) is 6.25. The van der Waals surface area contributed by atoms with Gasteiger partial charge in [0.05, 0.1) is 17.0 Å². The summed E-state index contributed by atoms with van der Waals surface area (Å²) < 4.78 is 0. The van der Waals surface area contributed by atoms with Crippen LogP contribution in [0.3, 0.4) is 0 Å². The maximum Gasteiger partial charge on any atom is 0.232 e. The van der Waals surface area contributed by atoms with E-state index in [4.69, 9.17) is 4.98 Å². The predicted octanol–water partition coefficient (Wildman–Crippen LogP) is 5.39. The van der Waals surface area contributed by atoms with Crippen LogP contribution in [-0.4, -0.2) is 34.6 Å². The Hall–Kier alpha value is -3.10. The van der Waals surface area contributed by atoms with Crippen LogP contribution in [0.5, 0.6) is 0 Å². The van der Waals surface area contributed by atoms with Gasteiger partial charge in [0, 0.05) is 24.2 Å². The van der Waals surface area contributed by atoms with Gasteiger partial charge in [0.25, 0.3) is 0 Å². The lowest BCUT2D eigenvalue weighted by Gasteiger charge is -2.26. The number of amides is 1. The summed E-state index contributed by atoms with van der Waals surface area (Å²) in [4.78, 5) is 19.4. The summed E-state index contributed by atoms with van der Waals surface area (Å²) in [5.41, 5.74) is 4.14. The van der Waals surface area contributed by atoms with Crippen LogP contribution in [0.2, 0.25) is 0 Å². The number of piperidine rings is 1. The van der Waals surface area contributed by atoms with E-state index in [0.29, 0.717) is 16.3 Å². The molecule has 5 heteroatoms. The zero-order chi connectivity index (χ0) is 20.8. The molecule has 0 spiro atoms. The van der Waals surface area contributed by atoms with Crippen molar-refractivity contribution in [2.75, 3.05) is 18.8 Å². The Kier molecular flexibility index (Phi) is 6.46. The highest BCUT2D eigenvalue weighted by Crippen LogP contribution is 2.34. The summed E-state index contributed by atoms with van der Waals surface area (Å²) in [6.45, 7) is 1.66. The molecule has 0 bridgehead atoms. The topological polar surface area (TPSA) is 57.0 Å². The minimum absolute atomic E-state index is 0.122. The smallest absolute Gasteiger partial charge is 0.232 e. The monoisotopic (exact) mass is 413 g/mol. The Morgan fingerprint density at radius 3 is 2.23 bits per heavy atom. The fourth-order valence-electron chi connectivity index (χ4n) is 3.70. The normalized spacial score (nSPS) is 13.6. The maximum absolute atomic E-state index is 12.7. The number of hydrogen-bond acceptors (Lipinski definition) is 4. The number of carbonyl (C=O) groups excluding carboxylic acids is 1. The highest BCUT2D eigenvalue weighted by Gasteiger charge is 2.20. The van der Waals surface area contributed by atoms with Crippen molar-refractivity contribution in [1.82, 2.24) is 9.88 Å². The molecule has 3 aromatic rings. The first-order valence-corrected chi connectivity index (χ1v) is 11.2. The number of hydrogen-bond donors (Lipinski definition) is 0. The molecule has 1 aliphatic heterocycles. The Bertz CT molecular complexity index is 1060. The van der Waals surface area contributed by atoms with Crippen molar-refractivity contribution in [3.63, 3.8) is 0 Å². The molecule has 1 aromatic heterocycles. The van der Waals surface area contributed by atoms with E-state index in [1.165, 1.54) is 18.2 Å². The molecule has 0 aliphatic carbocycles. The molecule has 1 fully saturated rings. The quantitative estimate of drug-likeness (QED) is 0.526. The van der Waals surface area contributed by atoms with Crippen LogP contribution in [0.15, 0.2) is 71.8 Å². The van der Waals surface area contributed by atoms with Gasteiger partial charge >= 0.3 is 0 Å². The van der Waals surface area contributed by atoms with E-state index in [1.54, 1.807) is 0 Å². The number of pyridine rings is 1. The lowest BCUT2D eigenvalue weighted by Crippen LogP contribution is -2.36. The van der Waals surface area contributed by atoms with Gasteiger partial charge in [0.2, 0.25) is 5.91 Å². The number of likely N-dealkylation sites (tertiary alicyclic amines) is 1. The number of thioether (sulfide) groups is 1. The highest BCUT2D eigenvalue weighted by molar-refractivity contribution is 8.00. The molecule has 30 heavy (non-hydrogen) atoms. The molecule has 0 atom stereocenters. The molecule has 2 aromatic carbocycles. The van der Waals surface area contributed by atoms with Crippen LogP contribution >= 0.6 is 11.8 Å². The summed E-state index contributed by atoms with van der Waals surface area (Å²) in [5, 5.41) is 10.6. The molecule has 4 rings (SSSR count). The second-order valence-corrected chi connectivity index (χ2v) is 8.27. The van der Waals surface area contributed by atoms with Gasteiger partial charge in [-0.1, -0.05) is 72.4 Å². The minimum Gasteiger partial charge on any atom is -0.342 e. The van der Waals surface area contributed by atoms with Crippen LogP contribution in [0.25, 0.3) is 22.4 Å². The zero-order valence-electron chi connectivity index (χ0n) is 16.8. The molecular formula is C25H23N3OS. The van der Waals surface area contributed by atoms with Gasteiger partial charge in [0.15, 0.2) is 0 Å². The molecule has 2 heterocycles. The Labute approximate surface area is 181 Å². The fourth-order valence-corrected chi connectivity index (χ4v) is 4.61. The van der Waals surface area contributed by atoms with Crippen molar-refractivity contribution < 1.29 is 4.79 Å². The van der Waals surface area contributed by atoms with Crippen molar-refractivity contribution >= 4 is 17.7 Å². The first kappa shape index (κ1) is 20.2. The van der Waals surface area contributed by atoms with E-state index in [9.17, 15) is 10.1 Å². The third kappa shape index (κ3) is 4.55. The zero-order valence-corrected chi connectivity index (χ0v) is 17.6. The van der Waals surface area contributed by atoms with E-state index in [2.05, 4.69) is 6.07 Å². The minimum atomic E-state index is 0.122.